The molecule has 0 aliphatic carbocycles. The standard InChI is InChI=1S/C22H25ClN2O4/c1-4-24(5-2)12-13-25-19(17-11-6-14(3)29-17)18(21(27)22(25)28)20(26)15-7-9-16(23)10-8-15/h6-11,19,26H,4-5,12-13H2,1-3H3/b20-18+. The van der Waals surface area contributed by atoms with E-state index in [1.807, 2.05) is 0 Å². The van der Waals surface area contributed by atoms with Crippen LogP contribution in [0.2, 0.25) is 5.02 Å². The number of likely N-dealkylation sites (tertiary alicyclic amines) is 1. The molecule has 0 radical (unpaired) electrons. The molecule has 1 aliphatic heterocycles. The summed E-state index contributed by atoms with van der Waals surface area (Å²) in [6.45, 7) is 8.81. The van der Waals surface area contributed by atoms with Crippen LogP contribution in [0.25, 0.3) is 5.76 Å². The molecule has 1 aliphatic rings. The maximum absolute atomic E-state index is 13.2. The molecule has 29 heavy (non-hydrogen) atoms. The van der Waals surface area contributed by atoms with Gasteiger partial charge in [0.15, 0.2) is 0 Å². The van der Waals surface area contributed by atoms with Crippen molar-refractivity contribution in [3.8, 4) is 0 Å². The molecule has 1 fully saturated rings. The molecule has 3 rings (SSSR count). The first-order valence-corrected chi connectivity index (χ1v) is 10.2. The molecule has 2 heterocycles. The number of halogens is 1. The van der Waals surface area contributed by atoms with Gasteiger partial charge in [-0.25, -0.2) is 0 Å². The number of carbonyl (C=O) groups is 2. The van der Waals surface area contributed by atoms with E-state index in [2.05, 4.69) is 13.8 Å². The third kappa shape index (κ3) is 4.23. The molecule has 1 atom stereocenters. The zero-order valence-corrected chi connectivity index (χ0v) is 17.6. The van der Waals surface area contributed by atoms with Crippen LogP contribution in [0.4, 0.5) is 0 Å². The van der Waals surface area contributed by atoms with Gasteiger partial charge in [0, 0.05) is 10.6 Å². The van der Waals surface area contributed by atoms with Gasteiger partial charge in [0.1, 0.15) is 17.6 Å². The predicted molar refractivity (Wildman–Crippen MR) is 108 cm³/mol. The van der Waals surface area contributed by atoms with Crippen molar-refractivity contribution in [2.45, 2.75) is 26.8 Å². The number of aryl methyl sites for hydroxylation is 1. The van der Waals surface area contributed by atoms with Gasteiger partial charge in [-0.2, -0.15) is 0 Å². The summed E-state index contributed by atoms with van der Waals surface area (Å²) in [6.07, 6.45) is 0. The minimum Gasteiger partial charge on any atom is -0.872 e. The first kappa shape index (κ1) is 21.1. The Morgan fingerprint density at radius 1 is 1.14 bits per heavy atom. The number of carbonyl (C=O) groups excluding carboxylic acids is 2. The van der Waals surface area contributed by atoms with Gasteiger partial charge < -0.3 is 19.3 Å². The Labute approximate surface area is 175 Å². The lowest BCUT2D eigenvalue weighted by Crippen LogP contribution is -3.12. The van der Waals surface area contributed by atoms with Crippen molar-refractivity contribution in [1.29, 1.82) is 0 Å². The van der Waals surface area contributed by atoms with Crippen LogP contribution < -0.4 is 10.0 Å². The lowest BCUT2D eigenvalue weighted by molar-refractivity contribution is -0.895. The number of nitrogens with one attached hydrogen (secondary N) is 1. The minimum atomic E-state index is -0.818. The average molecular weight is 417 g/mol. The second kappa shape index (κ2) is 8.84. The van der Waals surface area contributed by atoms with E-state index in [4.69, 9.17) is 16.0 Å². The molecule has 0 spiro atoms. The Hall–Kier alpha value is -2.57. The Bertz CT molecular complexity index is 929. The number of nitrogens with zero attached hydrogens (tertiary/aromatic N) is 1. The Morgan fingerprint density at radius 2 is 1.79 bits per heavy atom. The summed E-state index contributed by atoms with van der Waals surface area (Å²) in [7, 11) is 0. The summed E-state index contributed by atoms with van der Waals surface area (Å²) in [5.74, 6) is -0.823. The lowest BCUT2D eigenvalue weighted by Gasteiger charge is -2.27. The van der Waals surface area contributed by atoms with E-state index < -0.39 is 23.5 Å². The number of hydrogen-bond acceptors (Lipinski definition) is 4. The summed E-state index contributed by atoms with van der Waals surface area (Å²) in [6, 6.07) is 8.96. The normalized spacial score (nSPS) is 18.8. The van der Waals surface area contributed by atoms with Crippen LogP contribution in [-0.4, -0.2) is 42.8 Å². The van der Waals surface area contributed by atoms with Crippen molar-refractivity contribution in [2.24, 2.45) is 0 Å². The van der Waals surface area contributed by atoms with Crippen molar-refractivity contribution in [2.75, 3.05) is 26.2 Å². The third-order valence-corrected chi connectivity index (χ3v) is 5.62. The van der Waals surface area contributed by atoms with Crippen molar-refractivity contribution in [3.05, 3.63) is 64.1 Å². The molecule has 154 valence electrons. The Balaban J connectivity index is 2.06. The van der Waals surface area contributed by atoms with Crippen LogP contribution in [0, 0.1) is 6.92 Å². The summed E-state index contributed by atoms with van der Waals surface area (Å²) in [4.78, 5) is 28.4. The fourth-order valence-corrected chi connectivity index (χ4v) is 3.76. The largest absolute Gasteiger partial charge is 0.872 e. The van der Waals surface area contributed by atoms with Crippen molar-refractivity contribution in [3.63, 3.8) is 0 Å². The van der Waals surface area contributed by atoms with Crippen molar-refractivity contribution < 1.29 is 24.0 Å². The van der Waals surface area contributed by atoms with Gasteiger partial charge >= 0.3 is 0 Å². The van der Waals surface area contributed by atoms with Crippen LogP contribution in [-0.2, 0) is 9.59 Å². The average Bonchev–Trinajstić information content (AvgIpc) is 3.24. The maximum Gasteiger partial charge on any atom is 0.295 e. The zero-order chi connectivity index (χ0) is 21.1. The summed E-state index contributed by atoms with van der Waals surface area (Å²) in [5.41, 5.74) is 0.247. The molecule has 1 aromatic carbocycles. The Kier molecular flexibility index (Phi) is 6.45. The number of Topliss-reactive ketones (excluding diaryl/α,β-unsaturated/α-hetero) is 1. The van der Waals surface area contributed by atoms with Gasteiger partial charge in [0.2, 0.25) is 5.78 Å². The number of rotatable bonds is 7. The molecule has 0 saturated carbocycles. The predicted octanol–water partition coefficient (Wildman–Crippen LogP) is 1.39. The van der Waals surface area contributed by atoms with Crippen LogP contribution in [0.5, 0.6) is 0 Å². The Morgan fingerprint density at radius 3 is 2.34 bits per heavy atom. The highest BCUT2D eigenvalue weighted by Crippen LogP contribution is 2.39. The summed E-state index contributed by atoms with van der Waals surface area (Å²) < 4.78 is 5.74. The number of benzene rings is 1. The highest BCUT2D eigenvalue weighted by atomic mass is 35.5. The minimum absolute atomic E-state index is 0.0683. The second-order valence-corrected chi connectivity index (χ2v) is 7.57. The van der Waals surface area contributed by atoms with Gasteiger partial charge in [-0.05, 0) is 50.6 Å². The molecule has 1 aromatic heterocycles. The van der Waals surface area contributed by atoms with Crippen LogP contribution in [0.15, 0.2) is 46.4 Å². The quantitative estimate of drug-likeness (QED) is 0.420. The topological polar surface area (TPSA) is 78.0 Å². The van der Waals surface area contributed by atoms with E-state index in [0.717, 1.165) is 13.1 Å². The third-order valence-electron chi connectivity index (χ3n) is 5.37. The molecule has 7 heteroatoms. The molecule has 1 N–H and O–H groups in total. The smallest absolute Gasteiger partial charge is 0.295 e. The molecule has 6 nitrogen and oxygen atoms in total. The van der Waals surface area contributed by atoms with Gasteiger partial charge in [-0.3, -0.25) is 9.59 Å². The lowest BCUT2D eigenvalue weighted by atomic mass is 9.99. The summed E-state index contributed by atoms with van der Waals surface area (Å²) >= 11 is 5.91. The number of amides is 1. The molecule has 1 unspecified atom stereocenters. The first-order valence-electron chi connectivity index (χ1n) is 9.79. The van der Waals surface area contributed by atoms with E-state index in [1.165, 1.54) is 9.80 Å². The number of likely N-dealkylation sites (N-methyl/N-ethyl adjacent to an activating group) is 1. The number of ketones is 1. The highest BCUT2D eigenvalue weighted by molar-refractivity contribution is 6.46. The van der Waals surface area contributed by atoms with E-state index >= 15 is 0 Å². The van der Waals surface area contributed by atoms with E-state index in [1.54, 1.807) is 43.3 Å². The fraction of sp³-hybridized carbons (Fsp3) is 0.364. The van der Waals surface area contributed by atoms with Crippen LogP contribution in [0.1, 0.15) is 37.0 Å². The van der Waals surface area contributed by atoms with E-state index in [0.29, 0.717) is 35.2 Å². The highest BCUT2D eigenvalue weighted by Gasteiger charge is 2.45. The molecular formula is C22H25ClN2O4. The number of furan rings is 1. The van der Waals surface area contributed by atoms with Gasteiger partial charge in [-0.15, -0.1) is 0 Å². The van der Waals surface area contributed by atoms with Gasteiger partial charge in [0.25, 0.3) is 5.91 Å². The number of hydrogen-bond donors (Lipinski definition) is 1. The monoisotopic (exact) mass is 416 g/mol. The van der Waals surface area contributed by atoms with Gasteiger partial charge in [-0.1, -0.05) is 29.5 Å². The molecular weight excluding hydrogens is 392 g/mol. The first-order chi connectivity index (χ1) is 13.9. The molecule has 1 saturated heterocycles. The van der Waals surface area contributed by atoms with Crippen molar-refractivity contribution in [1.82, 2.24) is 4.90 Å². The van der Waals surface area contributed by atoms with Crippen LogP contribution >= 0.6 is 11.6 Å². The van der Waals surface area contributed by atoms with E-state index in [9.17, 15) is 14.7 Å². The van der Waals surface area contributed by atoms with Crippen LogP contribution in [0.3, 0.4) is 0 Å². The molecule has 0 bridgehead atoms. The molecule has 2 aromatic rings. The fourth-order valence-electron chi connectivity index (χ4n) is 3.64. The molecule has 1 amide bonds. The summed E-state index contributed by atoms with van der Waals surface area (Å²) in [5, 5.41) is 13.7. The van der Waals surface area contributed by atoms with Gasteiger partial charge in [0.05, 0.1) is 26.2 Å². The van der Waals surface area contributed by atoms with E-state index in [-0.39, 0.29) is 5.57 Å². The second-order valence-electron chi connectivity index (χ2n) is 7.14. The maximum atomic E-state index is 13.2. The SMILES string of the molecule is CC[NH+](CC)CCN1C(=O)C(=O)/C(=C(/[O-])c2ccc(Cl)cc2)C1c1ccc(C)o1. The van der Waals surface area contributed by atoms with Crippen molar-refractivity contribution >= 4 is 29.1 Å². The number of quaternary nitrogens is 1. The zero-order valence-electron chi connectivity index (χ0n) is 16.8.